The van der Waals surface area contributed by atoms with Gasteiger partial charge in [-0.2, -0.15) is 0 Å². The minimum absolute atomic E-state index is 0.0600. The van der Waals surface area contributed by atoms with Crippen LogP contribution in [0, 0.1) is 17.0 Å². The van der Waals surface area contributed by atoms with Crippen LogP contribution in [0.25, 0.3) is 22.6 Å². The normalized spacial score (nSPS) is 16.8. The second kappa shape index (κ2) is 9.97. The van der Waals surface area contributed by atoms with Crippen LogP contribution >= 0.6 is 0 Å². The van der Waals surface area contributed by atoms with Gasteiger partial charge in [0.2, 0.25) is 0 Å². The number of hydrogen-bond donors (Lipinski definition) is 1. The highest BCUT2D eigenvalue weighted by Crippen LogP contribution is 2.29. The first-order valence-corrected chi connectivity index (χ1v) is 11.2. The van der Waals surface area contributed by atoms with Crippen molar-refractivity contribution in [1.29, 1.82) is 0 Å². The van der Waals surface area contributed by atoms with Crippen molar-refractivity contribution in [2.24, 2.45) is 0 Å². The van der Waals surface area contributed by atoms with Gasteiger partial charge in [0, 0.05) is 53.6 Å². The summed E-state index contributed by atoms with van der Waals surface area (Å²) in [7, 11) is 0. The number of rotatable bonds is 7. The Morgan fingerprint density at radius 1 is 1.12 bits per heavy atom. The van der Waals surface area contributed by atoms with E-state index in [1.165, 1.54) is 12.5 Å². The number of likely N-dealkylation sites (tertiary alicyclic amines) is 1. The van der Waals surface area contributed by atoms with Crippen molar-refractivity contribution in [2.75, 3.05) is 19.6 Å². The number of benzene rings is 2. The summed E-state index contributed by atoms with van der Waals surface area (Å²) in [6, 6.07) is 16.9. The van der Waals surface area contributed by atoms with Crippen LogP contribution in [0.5, 0.6) is 0 Å². The number of nitro benzene ring substituents is 1. The molecule has 1 N–H and O–H groups in total. The Morgan fingerprint density at radius 2 is 1.91 bits per heavy atom. The highest BCUT2D eigenvalue weighted by Gasteiger charge is 2.21. The number of nitrogens with one attached hydrogen (secondary N) is 1. The van der Waals surface area contributed by atoms with E-state index in [0.29, 0.717) is 18.4 Å². The highest BCUT2D eigenvalue weighted by atomic mass is 16.6. The van der Waals surface area contributed by atoms with E-state index in [1.807, 2.05) is 43.3 Å². The molecule has 0 amide bonds. The Morgan fingerprint density at radius 3 is 2.66 bits per heavy atom. The fourth-order valence-corrected chi connectivity index (χ4v) is 4.29. The van der Waals surface area contributed by atoms with Crippen molar-refractivity contribution in [1.82, 2.24) is 20.2 Å². The van der Waals surface area contributed by atoms with Gasteiger partial charge in [-0.3, -0.25) is 10.1 Å². The molecule has 32 heavy (non-hydrogen) atoms. The molecule has 1 aromatic heterocycles. The van der Waals surface area contributed by atoms with Crippen LogP contribution in [-0.2, 0) is 6.54 Å². The van der Waals surface area contributed by atoms with Crippen molar-refractivity contribution in [2.45, 2.75) is 39.3 Å². The molecule has 7 heteroatoms. The molecule has 0 spiro atoms. The molecule has 2 heterocycles. The molecule has 0 saturated carbocycles. The average molecular weight is 432 g/mol. The first-order valence-electron chi connectivity index (χ1n) is 11.2. The third-order valence-corrected chi connectivity index (χ3v) is 6.10. The Hall–Kier alpha value is -3.16. The van der Waals surface area contributed by atoms with E-state index in [0.717, 1.165) is 54.1 Å². The summed E-state index contributed by atoms with van der Waals surface area (Å²) in [5.41, 5.74) is 4.33. The Bertz CT molecular complexity index is 1090. The third kappa shape index (κ3) is 5.00. The smallest absolute Gasteiger partial charge is 0.270 e. The van der Waals surface area contributed by atoms with Crippen molar-refractivity contribution in [3.05, 3.63) is 76.0 Å². The molecule has 3 aromatic rings. The van der Waals surface area contributed by atoms with Gasteiger partial charge in [0.1, 0.15) is 0 Å². The fourth-order valence-electron chi connectivity index (χ4n) is 4.29. The number of hydrogen-bond acceptors (Lipinski definition) is 6. The lowest BCUT2D eigenvalue weighted by atomic mass is 10.0. The van der Waals surface area contributed by atoms with Crippen LogP contribution in [-0.4, -0.2) is 45.5 Å². The lowest BCUT2D eigenvalue weighted by Gasteiger charge is -2.32. The van der Waals surface area contributed by atoms with Crippen molar-refractivity contribution in [3.8, 4) is 22.6 Å². The number of likely N-dealkylation sites (N-methyl/N-ethyl adjacent to an activating group) is 1. The van der Waals surface area contributed by atoms with Gasteiger partial charge in [0.05, 0.1) is 10.6 Å². The fraction of sp³-hybridized carbons (Fsp3) is 0.360. The van der Waals surface area contributed by atoms with Crippen molar-refractivity contribution < 1.29 is 4.92 Å². The van der Waals surface area contributed by atoms with Crippen LogP contribution in [0.4, 0.5) is 5.69 Å². The van der Waals surface area contributed by atoms with Gasteiger partial charge < -0.3 is 10.2 Å². The first kappa shape index (κ1) is 22.0. The summed E-state index contributed by atoms with van der Waals surface area (Å²) >= 11 is 0. The van der Waals surface area contributed by atoms with Crippen LogP contribution < -0.4 is 5.32 Å². The number of nitro groups is 1. The van der Waals surface area contributed by atoms with Gasteiger partial charge in [-0.1, -0.05) is 49.4 Å². The van der Waals surface area contributed by atoms with Crippen molar-refractivity contribution >= 4 is 5.69 Å². The third-order valence-electron chi connectivity index (χ3n) is 6.10. The van der Waals surface area contributed by atoms with Crippen LogP contribution in [0.15, 0.2) is 54.6 Å². The molecule has 0 bridgehead atoms. The van der Waals surface area contributed by atoms with Crippen LogP contribution in [0.1, 0.15) is 31.0 Å². The van der Waals surface area contributed by atoms with E-state index in [4.69, 9.17) is 9.97 Å². The zero-order valence-electron chi connectivity index (χ0n) is 18.6. The quantitative estimate of drug-likeness (QED) is 0.435. The summed E-state index contributed by atoms with van der Waals surface area (Å²) in [5, 5.41) is 15.1. The minimum atomic E-state index is -0.366. The Kier molecular flexibility index (Phi) is 6.87. The van der Waals surface area contributed by atoms with Gasteiger partial charge in [0.15, 0.2) is 5.82 Å². The highest BCUT2D eigenvalue weighted by molar-refractivity contribution is 5.69. The largest absolute Gasteiger partial charge is 0.308 e. The van der Waals surface area contributed by atoms with Gasteiger partial charge in [0.25, 0.3) is 5.69 Å². The molecular weight excluding hydrogens is 402 g/mol. The summed E-state index contributed by atoms with van der Waals surface area (Å²) in [4.78, 5) is 23.1. The second-order valence-electron chi connectivity index (χ2n) is 8.25. The predicted octanol–water partition coefficient (Wildman–Crippen LogP) is 4.60. The number of non-ortho nitro benzene ring substituents is 1. The molecule has 166 valence electrons. The maximum absolute atomic E-state index is 11.4. The maximum atomic E-state index is 11.4. The standard InChI is InChI=1S/C25H29N5O2/c1-3-29-14-8-12-21(17-29)26-16-23-18(2)27-25(19-9-5-4-6-10-19)28-24(23)20-11-7-13-22(15-20)30(31)32/h4-7,9-11,13,15,21,26H,3,8,12,14,16-17H2,1-2H3. The lowest BCUT2D eigenvalue weighted by molar-refractivity contribution is -0.384. The molecule has 0 aliphatic carbocycles. The van der Waals surface area contributed by atoms with Crippen molar-refractivity contribution in [3.63, 3.8) is 0 Å². The molecule has 1 atom stereocenters. The zero-order valence-corrected chi connectivity index (χ0v) is 18.6. The summed E-state index contributed by atoms with van der Waals surface area (Å²) in [6.07, 6.45) is 2.33. The molecule has 7 nitrogen and oxygen atoms in total. The average Bonchev–Trinajstić information content (AvgIpc) is 2.83. The Balaban J connectivity index is 1.71. The van der Waals surface area contributed by atoms with Crippen LogP contribution in [0.3, 0.4) is 0 Å². The Labute approximate surface area is 188 Å². The van der Waals surface area contributed by atoms with Gasteiger partial charge in [-0.05, 0) is 32.9 Å². The molecule has 1 fully saturated rings. The number of nitrogens with zero attached hydrogens (tertiary/aromatic N) is 4. The number of aryl methyl sites for hydroxylation is 1. The number of aromatic nitrogens is 2. The predicted molar refractivity (Wildman–Crippen MR) is 126 cm³/mol. The van der Waals surface area contributed by atoms with Gasteiger partial charge >= 0.3 is 0 Å². The molecule has 0 radical (unpaired) electrons. The van der Waals surface area contributed by atoms with E-state index < -0.39 is 0 Å². The van der Waals surface area contributed by atoms with E-state index in [9.17, 15) is 10.1 Å². The zero-order chi connectivity index (χ0) is 22.5. The molecule has 1 aliphatic heterocycles. The molecular formula is C25H29N5O2. The molecule has 1 unspecified atom stereocenters. The molecule has 1 aliphatic rings. The van der Waals surface area contributed by atoms with E-state index in [-0.39, 0.29) is 10.6 Å². The molecule has 4 rings (SSSR count). The molecule has 2 aromatic carbocycles. The van der Waals surface area contributed by atoms with Gasteiger partial charge in [-0.15, -0.1) is 0 Å². The summed E-state index contributed by atoms with van der Waals surface area (Å²) in [6.45, 7) is 8.06. The van der Waals surface area contributed by atoms with E-state index >= 15 is 0 Å². The first-order chi connectivity index (χ1) is 15.5. The maximum Gasteiger partial charge on any atom is 0.270 e. The minimum Gasteiger partial charge on any atom is -0.308 e. The number of piperidine rings is 1. The summed E-state index contributed by atoms with van der Waals surface area (Å²) in [5.74, 6) is 0.628. The van der Waals surface area contributed by atoms with Crippen LogP contribution in [0.2, 0.25) is 0 Å². The molecule has 1 saturated heterocycles. The van der Waals surface area contributed by atoms with Gasteiger partial charge in [-0.25, -0.2) is 9.97 Å². The second-order valence-corrected chi connectivity index (χ2v) is 8.25. The van der Waals surface area contributed by atoms with E-state index in [1.54, 1.807) is 12.1 Å². The summed E-state index contributed by atoms with van der Waals surface area (Å²) < 4.78 is 0. The monoisotopic (exact) mass is 431 g/mol. The SMILES string of the molecule is CCN1CCCC(NCc2c(C)nc(-c3ccccc3)nc2-c2cccc([N+](=O)[O-])c2)C1. The lowest BCUT2D eigenvalue weighted by Crippen LogP contribution is -2.45. The van der Waals surface area contributed by atoms with E-state index in [2.05, 4.69) is 17.1 Å². The topological polar surface area (TPSA) is 84.2 Å².